The molecule has 0 saturated heterocycles. The van der Waals surface area contributed by atoms with E-state index in [2.05, 4.69) is 6.92 Å². The Morgan fingerprint density at radius 1 is 0.966 bits per heavy atom. The van der Waals surface area contributed by atoms with Gasteiger partial charge in [-0.05, 0) is 32.4 Å². The molecule has 29 heavy (non-hydrogen) atoms. The molecule has 0 atom stereocenters. The first-order valence-electron chi connectivity index (χ1n) is 10.1. The summed E-state index contributed by atoms with van der Waals surface area (Å²) < 4.78 is 10.5. The molecule has 0 aliphatic heterocycles. The summed E-state index contributed by atoms with van der Waals surface area (Å²) in [6.07, 6.45) is 9.52. The molecule has 7 heteroatoms. The van der Waals surface area contributed by atoms with E-state index >= 15 is 0 Å². The molecule has 162 valence electrons. The van der Waals surface area contributed by atoms with E-state index in [1.54, 1.807) is 0 Å². The van der Waals surface area contributed by atoms with Crippen molar-refractivity contribution in [3.8, 4) is 5.75 Å². The first kappa shape index (κ1) is 25.4. The molecule has 1 aromatic rings. The summed E-state index contributed by atoms with van der Waals surface area (Å²) in [6.45, 7) is 5.27. The van der Waals surface area contributed by atoms with Crippen molar-refractivity contribution < 1.29 is 23.9 Å². The first-order valence-corrected chi connectivity index (χ1v) is 10.8. The van der Waals surface area contributed by atoms with Crippen LogP contribution >= 0.6 is 23.2 Å². The second-order valence-electron chi connectivity index (χ2n) is 7.55. The van der Waals surface area contributed by atoms with E-state index in [1.807, 2.05) is 0 Å². The van der Waals surface area contributed by atoms with E-state index in [-0.39, 0.29) is 28.0 Å². The minimum absolute atomic E-state index is 0.0102. The van der Waals surface area contributed by atoms with Crippen LogP contribution in [0.25, 0.3) is 0 Å². The zero-order valence-corrected chi connectivity index (χ0v) is 18.9. The Kier molecular flexibility index (Phi) is 11.3. The van der Waals surface area contributed by atoms with E-state index in [1.165, 1.54) is 58.1 Å². The molecule has 0 fully saturated rings. The Balaban J connectivity index is 2.49. The summed E-state index contributed by atoms with van der Waals surface area (Å²) in [4.78, 5) is 36.1. The van der Waals surface area contributed by atoms with Crippen LogP contribution in [0.2, 0.25) is 10.0 Å². The van der Waals surface area contributed by atoms with Gasteiger partial charge >= 0.3 is 11.9 Å². The summed E-state index contributed by atoms with van der Waals surface area (Å²) in [5, 5.41) is 0.247. The van der Waals surface area contributed by atoms with Crippen molar-refractivity contribution in [1.29, 1.82) is 0 Å². The Hall–Kier alpha value is -1.59. The van der Waals surface area contributed by atoms with Gasteiger partial charge in [-0.15, -0.1) is 0 Å². The Morgan fingerprint density at radius 2 is 1.55 bits per heavy atom. The van der Waals surface area contributed by atoms with Crippen LogP contribution < -0.4 is 4.74 Å². The fraction of sp³-hybridized carbons (Fsp3) is 0.591. The van der Waals surface area contributed by atoms with E-state index in [4.69, 9.17) is 32.7 Å². The van der Waals surface area contributed by atoms with Crippen LogP contribution in [0.15, 0.2) is 12.1 Å². The molecular weight excluding hydrogens is 415 g/mol. The van der Waals surface area contributed by atoms with E-state index in [0.717, 1.165) is 19.3 Å². The molecule has 0 bridgehead atoms. The van der Waals surface area contributed by atoms with E-state index in [0.29, 0.717) is 6.29 Å². The Morgan fingerprint density at radius 3 is 2.14 bits per heavy atom. The molecule has 0 N–H and O–H groups in total. The minimum atomic E-state index is -1.54. The second-order valence-corrected chi connectivity index (χ2v) is 8.39. The van der Waals surface area contributed by atoms with Gasteiger partial charge in [0.15, 0.2) is 17.5 Å². The highest BCUT2D eigenvalue weighted by Gasteiger charge is 2.40. The van der Waals surface area contributed by atoms with Gasteiger partial charge in [0.2, 0.25) is 0 Å². The summed E-state index contributed by atoms with van der Waals surface area (Å²) in [7, 11) is 0. The van der Waals surface area contributed by atoms with Gasteiger partial charge in [-0.25, -0.2) is 0 Å². The third-order valence-corrected chi connectivity index (χ3v) is 5.11. The lowest BCUT2D eigenvalue weighted by atomic mass is 9.94. The van der Waals surface area contributed by atoms with Gasteiger partial charge in [-0.3, -0.25) is 14.4 Å². The molecule has 0 unspecified atom stereocenters. The van der Waals surface area contributed by atoms with Gasteiger partial charge in [0, 0.05) is 5.02 Å². The maximum Gasteiger partial charge on any atom is 0.328 e. The molecule has 0 aliphatic carbocycles. The highest BCUT2D eigenvalue weighted by atomic mass is 35.5. The molecule has 1 rings (SSSR count). The number of rotatable bonds is 13. The number of esters is 2. The van der Waals surface area contributed by atoms with Crippen LogP contribution in [-0.4, -0.2) is 24.8 Å². The van der Waals surface area contributed by atoms with Crippen LogP contribution in [0.4, 0.5) is 0 Å². The molecule has 0 aromatic heterocycles. The Bertz CT molecular complexity index is 701. The smallest absolute Gasteiger partial charge is 0.328 e. The number of unbranched alkanes of at least 4 members (excludes halogenated alkanes) is 7. The average molecular weight is 445 g/mol. The summed E-state index contributed by atoms with van der Waals surface area (Å²) in [5.74, 6) is -1.66. The highest BCUT2D eigenvalue weighted by molar-refractivity contribution is 6.36. The van der Waals surface area contributed by atoms with E-state index < -0.39 is 17.4 Å². The molecule has 0 aliphatic rings. The Labute approximate surface area is 183 Å². The number of benzene rings is 1. The molecule has 0 saturated carbocycles. The lowest BCUT2D eigenvalue weighted by Crippen LogP contribution is -2.38. The van der Waals surface area contributed by atoms with Gasteiger partial charge in [-0.2, -0.15) is 0 Å². The van der Waals surface area contributed by atoms with Crippen molar-refractivity contribution in [3.63, 3.8) is 0 Å². The van der Waals surface area contributed by atoms with Crippen molar-refractivity contribution >= 4 is 41.4 Å². The molecule has 0 spiro atoms. The van der Waals surface area contributed by atoms with Gasteiger partial charge in [-0.1, -0.05) is 75.1 Å². The molecular formula is C22H30Cl2O5. The number of aldehydes is 1. The van der Waals surface area contributed by atoms with E-state index in [9.17, 15) is 14.4 Å². The fourth-order valence-electron chi connectivity index (χ4n) is 2.66. The molecule has 0 radical (unpaired) electrons. The maximum absolute atomic E-state index is 12.5. The third kappa shape index (κ3) is 8.35. The van der Waals surface area contributed by atoms with Crippen molar-refractivity contribution in [3.05, 3.63) is 27.7 Å². The van der Waals surface area contributed by atoms with Crippen molar-refractivity contribution in [2.75, 3.05) is 6.61 Å². The lowest BCUT2D eigenvalue weighted by Gasteiger charge is -2.21. The standard InChI is InChI=1S/C22H30Cl2O5/c1-4-5-6-7-8-9-10-11-12-28-20(26)22(2,3)21(27)29-19-16(15-25)13-17(23)14-18(19)24/h13-15H,4-12H2,1-3H3. The fourth-order valence-corrected chi connectivity index (χ4v) is 3.21. The predicted molar refractivity (Wildman–Crippen MR) is 115 cm³/mol. The van der Waals surface area contributed by atoms with Gasteiger partial charge in [0.1, 0.15) is 0 Å². The van der Waals surface area contributed by atoms with Gasteiger partial charge in [0.25, 0.3) is 0 Å². The van der Waals surface area contributed by atoms with Gasteiger partial charge in [0.05, 0.1) is 17.2 Å². The monoisotopic (exact) mass is 444 g/mol. The number of carbonyl (C=O) groups excluding carboxylic acids is 3. The zero-order chi connectivity index (χ0) is 21.9. The molecule has 0 heterocycles. The van der Waals surface area contributed by atoms with Crippen molar-refractivity contribution in [1.82, 2.24) is 0 Å². The summed E-state index contributed by atoms with van der Waals surface area (Å²) in [5.41, 5.74) is -1.51. The van der Waals surface area contributed by atoms with Crippen LogP contribution in [0.3, 0.4) is 0 Å². The number of ether oxygens (including phenoxy) is 2. The minimum Gasteiger partial charge on any atom is -0.465 e. The van der Waals surface area contributed by atoms with Crippen LogP contribution in [0, 0.1) is 5.41 Å². The van der Waals surface area contributed by atoms with Crippen LogP contribution in [-0.2, 0) is 14.3 Å². The average Bonchev–Trinajstić information content (AvgIpc) is 2.67. The lowest BCUT2D eigenvalue weighted by molar-refractivity contribution is -0.164. The maximum atomic E-state index is 12.5. The quantitative estimate of drug-likeness (QED) is 0.115. The molecule has 1 aromatic carbocycles. The summed E-state index contributed by atoms with van der Waals surface area (Å²) in [6, 6.07) is 2.68. The normalized spacial score (nSPS) is 11.2. The number of carbonyl (C=O) groups is 3. The summed E-state index contributed by atoms with van der Waals surface area (Å²) >= 11 is 11.9. The molecule has 0 amide bonds. The van der Waals surface area contributed by atoms with Crippen molar-refractivity contribution in [2.45, 2.75) is 72.1 Å². The number of hydrogen-bond donors (Lipinski definition) is 0. The second kappa shape index (κ2) is 12.9. The van der Waals surface area contributed by atoms with Crippen LogP contribution in [0.5, 0.6) is 5.75 Å². The highest BCUT2D eigenvalue weighted by Crippen LogP contribution is 2.33. The third-order valence-electron chi connectivity index (χ3n) is 4.61. The largest absolute Gasteiger partial charge is 0.465 e. The number of halogens is 2. The van der Waals surface area contributed by atoms with Crippen LogP contribution in [0.1, 0.15) is 82.5 Å². The number of hydrogen-bond acceptors (Lipinski definition) is 5. The zero-order valence-electron chi connectivity index (χ0n) is 17.4. The van der Waals surface area contributed by atoms with Gasteiger partial charge < -0.3 is 9.47 Å². The topological polar surface area (TPSA) is 69.7 Å². The SMILES string of the molecule is CCCCCCCCCCOC(=O)C(C)(C)C(=O)Oc1c(Cl)cc(Cl)cc1C=O. The first-order chi connectivity index (χ1) is 13.7. The predicted octanol–water partition coefficient (Wildman–Crippen LogP) is 6.42. The van der Waals surface area contributed by atoms with Crippen molar-refractivity contribution in [2.24, 2.45) is 5.41 Å². The molecule has 5 nitrogen and oxygen atoms in total.